The molecule has 7 heteroatoms. The first-order chi connectivity index (χ1) is 12.1. The molecule has 3 aromatic rings. The van der Waals surface area contributed by atoms with E-state index in [0.29, 0.717) is 23.5 Å². The molecule has 25 heavy (non-hydrogen) atoms. The Balaban J connectivity index is 1.53. The fourth-order valence-corrected chi connectivity index (χ4v) is 3.13. The minimum atomic E-state index is -0.122. The molecule has 1 aliphatic rings. The third-order valence-electron chi connectivity index (χ3n) is 4.47. The molecule has 0 fully saturated rings. The Kier molecular flexibility index (Phi) is 3.91. The lowest BCUT2D eigenvalue weighted by atomic mass is 10.1. The van der Waals surface area contributed by atoms with Crippen molar-refractivity contribution >= 4 is 16.9 Å². The zero-order valence-corrected chi connectivity index (χ0v) is 14.3. The Morgan fingerprint density at radius 2 is 2.12 bits per heavy atom. The minimum Gasteiger partial charge on any atom is -0.347 e. The number of aryl methyl sites for hydroxylation is 1. The van der Waals surface area contributed by atoms with Crippen molar-refractivity contribution in [2.45, 2.75) is 45.2 Å². The van der Waals surface area contributed by atoms with Crippen molar-refractivity contribution in [2.75, 3.05) is 0 Å². The van der Waals surface area contributed by atoms with Gasteiger partial charge in [0.05, 0.1) is 17.6 Å². The molecular weight excluding hydrogens is 316 g/mol. The van der Waals surface area contributed by atoms with Crippen molar-refractivity contribution < 1.29 is 4.79 Å². The van der Waals surface area contributed by atoms with Gasteiger partial charge in [0.2, 0.25) is 0 Å². The summed E-state index contributed by atoms with van der Waals surface area (Å²) in [6, 6.07) is 5.51. The second-order valence-corrected chi connectivity index (χ2v) is 6.66. The van der Waals surface area contributed by atoms with Gasteiger partial charge in [0, 0.05) is 30.8 Å². The maximum absolute atomic E-state index is 12.7. The number of nitrogens with one attached hydrogen (secondary N) is 1. The van der Waals surface area contributed by atoms with E-state index in [0.717, 1.165) is 30.0 Å². The van der Waals surface area contributed by atoms with E-state index >= 15 is 0 Å². The van der Waals surface area contributed by atoms with E-state index in [1.165, 1.54) is 0 Å². The van der Waals surface area contributed by atoms with E-state index in [1.54, 1.807) is 18.5 Å². The van der Waals surface area contributed by atoms with Crippen LogP contribution >= 0.6 is 0 Å². The quantitative estimate of drug-likeness (QED) is 0.791. The Morgan fingerprint density at radius 1 is 1.28 bits per heavy atom. The number of nitrogens with zero attached hydrogens (tertiary/aromatic N) is 5. The number of hydrogen-bond acceptors (Lipinski definition) is 5. The van der Waals surface area contributed by atoms with Crippen LogP contribution in [0.1, 0.15) is 48.2 Å². The zero-order chi connectivity index (χ0) is 17.4. The molecule has 7 nitrogen and oxygen atoms in total. The first-order valence-corrected chi connectivity index (χ1v) is 8.56. The number of hydrogen-bond donors (Lipinski definition) is 1. The molecule has 2 aromatic heterocycles. The summed E-state index contributed by atoms with van der Waals surface area (Å²) in [6.45, 7) is 4.82. The molecular formula is C18H20N6O. The van der Waals surface area contributed by atoms with E-state index in [4.69, 9.17) is 0 Å². The number of para-hydroxylation sites is 1. The van der Waals surface area contributed by atoms with E-state index in [-0.39, 0.29) is 11.9 Å². The number of carbonyl (C=O) groups excluding carboxylic acids is 1. The van der Waals surface area contributed by atoms with E-state index in [1.807, 2.05) is 16.8 Å². The molecule has 1 aliphatic heterocycles. The largest absolute Gasteiger partial charge is 0.347 e. The predicted molar refractivity (Wildman–Crippen MR) is 93.2 cm³/mol. The molecule has 0 saturated heterocycles. The predicted octanol–water partition coefficient (Wildman–Crippen LogP) is 2.09. The summed E-state index contributed by atoms with van der Waals surface area (Å²) in [5.74, 6) is 2.06. The Bertz CT molecular complexity index is 927. The Labute approximate surface area is 145 Å². The van der Waals surface area contributed by atoms with Crippen molar-refractivity contribution in [3.8, 4) is 0 Å². The summed E-state index contributed by atoms with van der Waals surface area (Å²) in [7, 11) is 0. The molecule has 4 rings (SSSR count). The summed E-state index contributed by atoms with van der Waals surface area (Å²) < 4.78 is 1.92. The smallest absolute Gasteiger partial charge is 0.253 e. The van der Waals surface area contributed by atoms with Crippen LogP contribution in [0.5, 0.6) is 0 Å². The van der Waals surface area contributed by atoms with Gasteiger partial charge in [-0.25, -0.2) is 9.67 Å². The fourth-order valence-electron chi connectivity index (χ4n) is 3.13. The van der Waals surface area contributed by atoms with Crippen LogP contribution in [0.15, 0.2) is 30.6 Å². The second kappa shape index (κ2) is 6.23. The van der Waals surface area contributed by atoms with Gasteiger partial charge in [-0.1, -0.05) is 19.9 Å². The van der Waals surface area contributed by atoms with Gasteiger partial charge in [-0.3, -0.25) is 14.8 Å². The Hall–Kier alpha value is -2.83. The average molecular weight is 336 g/mol. The lowest BCUT2D eigenvalue weighted by Crippen LogP contribution is -2.41. The average Bonchev–Trinajstić information content (AvgIpc) is 3.05. The number of amides is 1. The highest BCUT2D eigenvalue weighted by atomic mass is 16.1. The normalized spacial score (nSPS) is 16.8. The number of carbonyl (C=O) groups is 1. The molecule has 0 bridgehead atoms. The van der Waals surface area contributed by atoms with E-state index in [9.17, 15) is 4.79 Å². The fraction of sp³-hybridized carbons (Fsp3) is 0.389. The maximum atomic E-state index is 12.7. The molecule has 128 valence electrons. The van der Waals surface area contributed by atoms with E-state index in [2.05, 4.69) is 39.2 Å². The van der Waals surface area contributed by atoms with Crippen molar-refractivity contribution in [3.05, 3.63) is 47.8 Å². The van der Waals surface area contributed by atoms with Crippen molar-refractivity contribution in [1.29, 1.82) is 0 Å². The summed E-state index contributed by atoms with van der Waals surface area (Å²) >= 11 is 0. The topological polar surface area (TPSA) is 85.6 Å². The molecule has 1 aromatic carbocycles. The molecule has 0 spiro atoms. The molecule has 0 saturated carbocycles. The molecule has 0 aliphatic carbocycles. The van der Waals surface area contributed by atoms with Gasteiger partial charge < -0.3 is 5.32 Å². The number of rotatable bonds is 3. The van der Waals surface area contributed by atoms with Crippen LogP contribution in [-0.2, 0) is 13.0 Å². The zero-order valence-electron chi connectivity index (χ0n) is 14.3. The van der Waals surface area contributed by atoms with Crippen LogP contribution in [0.3, 0.4) is 0 Å². The highest BCUT2D eigenvalue weighted by Crippen LogP contribution is 2.18. The standard InChI is InChI=1S/C18H20N6O/c1-11(2)17-22-15-7-6-12(10-24(15)23-17)21-18(25)13-4-3-5-14-16(13)20-9-8-19-14/h3-5,8-9,11-12H,6-7,10H2,1-2H3,(H,21,25). The third kappa shape index (κ3) is 2.97. The summed E-state index contributed by atoms with van der Waals surface area (Å²) in [6.07, 6.45) is 4.91. The highest BCUT2D eigenvalue weighted by Gasteiger charge is 2.24. The minimum absolute atomic E-state index is 0.0358. The van der Waals surface area contributed by atoms with Gasteiger partial charge in [0.25, 0.3) is 5.91 Å². The monoisotopic (exact) mass is 336 g/mol. The summed E-state index contributed by atoms with van der Waals surface area (Å²) in [4.78, 5) is 25.9. The SMILES string of the molecule is CC(C)c1nc2n(n1)CC(NC(=O)c1cccc3nccnc13)CC2. The molecule has 1 amide bonds. The van der Waals surface area contributed by atoms with Crippen LogP contribution in [0, 0.1) is 0 Å². The van der Waals surface area contributed by atoms with Gasteiger partial charge in [0.1, 0.15) is 11.3 Å². The van der Waals surface area contributed by atoms with Crippen LogP contribution in [0.25, 0.3) is 11.0 Å². The Morgan fingerprint density at radius 3 is 2.96 bits per heavy atom. The number of fused-ring (bicyclic) bond motifs is 2. The first-order valence-electron chi connectivity index (χ1n) is 8.56. The van der Waals surface area contributed by atoms with Crippen LogP contribution < -0.4 is 5.32 Å². The van der Waals surface area contributed by atoms with Crippen LogP contribution in [0.4, 0.5) is 0 Å². The number of aromatic nitrogens is 5. The van der Waals surface area contributed by atoms with Gasteiger partial charge in [-0.05, 0) is 18.6 Å². The lowest BCUT2D eigenvalue weighted by molar-refractivity contribution is 0.0927. The summed E-state index contributed by atoms with van der Waals surface area (Å²) in [5, 5.41) is 7.67. The van der Waals surface area contributed by atoms with Crippen molar-refractivity contribution in [1.82, 2.24) is 30.0 Å². The molecule has 1 atom stereocenters. The molecule has 1 N–H and O–H groups in total. The van der Waals surface area contributed by atoms with Gasteiger partial charge in [-0.15, -0.1) is 0 Å². The van der Waals surface area contributed by atoms with Crippen molar-refractivity contribution in [2.24, 2.45) is 0 Å². The highest BCUT2D eigenvalue weighted by molar-refractivity contribution is 6.04. The summed E-state index contributed by atoms with van der Waals surface area (Å²) in [5.41, 5.74) is 1.90. The second-order valence-electron chi connectivity index (χ2n) is 6.66. The number of benzene rings is 1. The van der Waals surface area contributed by atoms with Crippen LogP contribution in [-0.4, -0.2) is 36.7 Å². The van der Waals surface area contributed by atoms with Gasteiger partial charge >= 0.3 is 0 Å². The molecule has 0 radical (unpaired) electrons. The van der Waals surface area contributed by atoms with E-state index < -0.39 is 0 Å². The van der Waals surface area contributed by atoms with Gasteiger partial charge in [-0.2, -0.15) is 5.10 Å². The van der Waals surface area contributed by atoms with Gasteiger partial charge in [0.15, 0.2) is 5.82 Å². The maximum Gasteiger partial charge on any atom is 0.253 e. The van der Waals surface area contributed by atoms with Crippen LogP contribution in [0.2, 0.25) is 0 Å². The first kappa shape index (κ1) is 15.7. The third-order valence-corrected chi connectivity index (χ3v) is 4.47. The molecule has 1 unspecified atom stereocenters. The molecule has 3 heterocycles. The van der Waals surface area contributed by atoms with Crippen molar-refractivity contribution in [3.63, 3.8) is 0 Å². The lowest BCUT2D eigenvalue weighted by Gasteiger charge is -2.23.